The predicted molar refractivity (Wildman–Crippen MR) is 92.9 cm³/mol. The molecule has 1 aliphatic rings. The molecule has 0 bridgehead atoms. The number of hydrogen-bond donors (Lipinski definition) is 0. The summed E-state index contributed by atoms with van der Waals surface area (Å²) in [5.41, 5.74) is 4.42. The van der Waals surface area contributed by atoms with Gasteiger partial charge in [-0.2, -0.15) is 0 Å². The van der Waals surface area contributed by atoms with Crippen molar-refractivity contribution < 1.29 is 4.58 Å². The first-order valence-corrected chi connectivity index (χ1v) is 8.53. The van der Waals surface area contributed by atoms with Crippen LogP contribution in [0.2, 0.25) is 0 Å². The van der Waals surface area contributed by atoms with Crippen LogP contribution in [-0.4, -0.2) is 30.5 Å². The summed E-state index contributed by atoms with van der Waals surface area (Å²) in [6, 6.07) is 6.82. The summed E-state index contributed by atoms with van der Waals surface area (Å²) in [6.07, 6.45) is 4.90. The van der Waals surface area contributed by atoms with E-state index in [0.717, 1.165) is 13.1 Å². The van der Waals surface area contributed by atoms with Gasteiger partial charge < -0.3 is 0 Å². The second kappa shape index (κ2) is 7.11. The molecule has 0 saturated heterocycles. The quantitative estimate of drug-likeness (QED) is 0.693. The molecule has 2 nitrogen and oxygen atoms in total. The van der Waals surface area contributed by atoms with Gasteiger partial charge in [-0.25, -0.2) is 4.90 Å². The van der Waals surface area contributed by atoms with Gasteiger partial charge in [-0.1, -0.05) is 59.2 Å². The van der Waals surface area contributed by atoms with Gasteiger partial charge in [0.15, 0.2) is 0 Å². The lowest BCUT2D eigenvalue weighted by Gasteiger charge is -2.20. The summed E-state index contributed by atoms with van der Waals surface area (Å²) >= 11 is 0. The fourth-order valence-electron chi connectivity index (χ4n) is 3.09. The van der Waals surface area contributed by atoms with Crippen molar-refractivity contribution in [1.29, 1.82) is 0 Å². The first-order valence-electron chi connectivity index (χ1n) is 8.53. The maximum Gasteiger partial charge on any atom is 0.239 e. The Balaban J connectivity index is 2.36. The molecule has 0 N–H and O–H groups in total. The highest BCUT2D eigenvalue weighted by atomic mass is 15.3. The smallest absolute Gasteiger partial charge is 0.239 e. The molecule has 1 aromatic carbocycles. The number of anilines is 1. The fourth-order valence-corrected chi connectivity index (χ4v) is 3.09. The van der Waals surface area contributed by atoms with E-state index in [1.165, 1.54) is 36.2 Å². The standard InChI is InChI=1S/C19H31N2/c1-6-7-11-20-12-13-21(14-20)19-17(15(2)3)9-8-10-18(19)16(4)5/h8-10,14-16H,6-7,11-13H2,1-5H3/q+1. The summed E-state index contributed by atoms with van der Waals surface area (Å²) in [6.45, 7) is 14.9. The lowest BCUT2D eigenvalue weighted by atomic mass is 9.92. The summed E-state index contributed by atoms with van der Waals surface area (Å²) in [7, 11) is 0. The minimum absolute atomic E-state index is 0.566. The second-order valence-electron chi connectivity index (χ2n) is 6.79. The zero-order valence-corrected chi connectivity index (χ0v) is 14.4. The minimum atomic E-state index is 0.566. The van der Waals surface area contributed by atoms with Crippen LogP contribution in [-0.2, 0) is 0 Å². The Hall–Kier alpha value is -1.31. The molecular weight excluding hydrogens is 256 g/mol. The van der Waals surface area contributed by atoms with Gasteiger partial charge in [0.2, 0.25) is 6.34 Å². The maximum absolute atomic E-state index is 2.49. The van der Waals surface area contributed by atoms with Crippen LogP contribution < -0.4 is 4.90 Å². The molecule has 0 atom stereocenters. The molecule has 2 rings (SSSR count). The summed E-state index contributed by atoms with van der Waals surface area (Å²) in [5.74, 6) is 1.13. The van der Waals surface area contributed by atoms with Crippen molar-refractivity contribution >= 4 is 12.0 Å². The molecule has 0 saturated carbocycles. The Kier molecular flexibility index (Phi) is 5.44. The molecule has 0 radical (unpaired) electrons. The van der Waals surface area contributed by atoms with Crippen molar-refractivity contribution in [3.63, 3.8) is 0 Å². The van der Waals surface area contributed by atoms with E-state index in [1.807, 2.05) is 0 Å². The molecule has 1 heterocycles. The highest BCUT2D eigenvalue weighted by Crippen LogP contribution is 2.35. The topological polar surface area (TPSA) is 6.25 Å². The average molecular weight is 287 g/mol. The van der Waals surface area contributed by atoms with Gasteiger partial charge in [0.05, 0.1) is 6.54 Å². The third-order valence-electron chi connectivity index (χ3n) is 4.36. The van der Waals surface area contributed by atoms with E-state index < -0.39 is 0 Å². The minimum Gasteiger partial charge on any atom is -0.264 e. The number of para-hydroxylation sites is 1. The van der Waals surface area contributed by atoms with Crippen molar-refractivity contribution in [2.24, 2.45) is 0 Å². The van der Waals surface area contributed by atoms with Crippen LogP contribution in [0.4, 0.5) is 5.69 Å². The zero-order valence-electron chi connectivity index (χ0n) is 14.4. The van der Waals surface area contributed by atoms with Crippen LogP contribution in [0.5, 0.6) is 0 Å². The molecule has 0 spiro atoms. The lowest BCUT2D eigenvalue weighted by Crippen LogP contribution is -2.22. The second-order valence-corrected chi connectivity index (χ2v) is 6.79. The molecule has 0 fully saturated rings. The normalized spacial score (nSPS) is 15.2. The van der Waals surface area contributed by atoms with Crippen molar-refractivity contribution in [2.45, 2.75) is 59.3 Å². The van der Waals surface area contributed by atoms with Crippen molar-refractivity contribution in [2.75, 3.05) is 24.5 Å². The Bertz CT molecular complexity index is 474. The van der Waals surface area contributed by atoms with E-state index in [0.29, 0.717) is 11.8 Å². The molecule has 2 heteroatoms. The summed E-state index contributed by atoms with van der Waals surface area (Å²) < 4.78 is 2.48. The molecule has 1 aliphatic heterocycles. The third-order valence-corrected chi connectivity index (χ3v) is 4.36. The van der Waals surface area contributed by atoms with E-state index in [9.17, 15) is 0 Å². The van der Waals surface area contributed by atoms with Crippen LogP contribution in [0.15, 0.2) is 18.2 Å². The van der Waals surface area contributed by atoms with Crippen LogP contribution >= 0.6 is 0 Å². The van der Waals surface area contributed by atoms with Crippen molar-refractivity contribution in [3.8, 4) is 0 Å². The van der Waals surface area contributed by atoms with Crippen LogP contribution in [0, 0.1) is 0 Å². The van der Waals surface area contributed by atoms with Gasteiger partial charge in [0.25, 0.3) is 0 Å². The summed E-state index contributed by atoms with van der Waals surface area (Å²) in [4.78, 5) is 2.49. The molecule has 116 valence electrons. The van der Waals surface area contributed by atoms with Crippen LogP contribution in [0.3, 0.4) is 0 Å². The first-order chi connectivity index (χ1) is 10.0. The van der Waals surface area contributed by atoms with Gasteiger partial charge >= 0.3 is 0 Å². The first kappa shape index (κ1) is 16.1. The molecule has 1 aromatic rings. The van der Waals surface area contributed by atoms with E-state index in [4.69, 9.17) is 0 Å². The molecule has 21 heavy (non-hydrogen) atoms. The maximum atomic E-state index is 2.49. The van der Waals surface area contributed by atoms with Gasteiger partial charge in [0.1, 0.15) is 18.8 Å². The Morgan fingerprint density at radius 2 is 1.71 bits per heavy atom. The number of unbranched alkanes of at least 4 members (excludes halogenated alkanes) is 1. The number of nitrogens with zero attached hydrogens (tertiary/aromatic N) is 2. The fraction of sp³-hybridized carbons (Fsp3) is 0.632. The third kappa shape index (κ3) is 3.66. The zero-order chi connectivity index (χ0) is 15.4. The molecule has 0 aromatic heterocycles. The monoisotopic (exact) mass is 287 g/mol. The Morgan fingerprint density at radius 1 is 1.10 bits per heavy atom. The van der Waals surface area contributed by atoms with Crippen molar-refractivity contribution in [3.05, 3.63) is 29.3 Å². The van der Waals surface area contributed by atoms with E-state index in [2.05, 4.69) is 68.6 Å². The lowest BCUT2D eigenvalue weighted by molar-refractivity contribution is -0.514. The number of rotatable bonds is 6. The van der Waals surface area contributed by atoms with E-state index in [1.54, 1.807) is 0 Å². The Morgan fingerprint density at radius 3 is 2.24 bits per heavy atom. The molecule has 0 amide bonds. The number of hydrogen-bond acceptors (Lipinski definition) is 1. The predicted octanol–water partition coefficient (Wildman–Crippen LogP) is 4.59. The van der Waals surface area contributed by atoms with E-state index >= 15 is 0 Å². The highest BCUT2D eigenvalue weighted by Gasteiger charge is 2.27. The van der Waals surface area contributed by atoms with Crippen molar-refractivity contribution in [1.82, 2.24) is 0 Å². The van der Waals surface area contributed by atoms with Crippen LogP contribution in [0.1, 0.15) is 70.4 Å². The average Bonchev–Trinajstić information content (AvgIpc) is 2.92. The largest absolute Gasteiger partial charge is 0.264 e. The molecular formula is C19H31N2+. The summed E-state index contributed by atoms with van der Waals surface area (Å²) in [5, 5.41) is 0. The SMILES string of the molecule is CCCC[N+]1=CN(c2c(C(C)C)cccc2C(C)C)CC1. The number of benzene rings is 1. The van der Waals surface area contributed by atoms with Crippen LogP contribution in [0.25, 0.3) is 0 Å². The Labute approximate surface area is 130 Å². The molecule has 0 aliphatic carbocycles. The molecule has 0 unspecified atom stereocenters. The van der Waals surface area contributed by atoms with Gasteiger partial charge in [-0.05, 0) is 18.3 Å². The van der Waals surface area contributed by atoms with Gasteiger partial charge in [-0.3, -0.25) is 4.58 Å². The van der Waals surface area contributed by atoms with Gasteiger partial charge in [-0.15, -0.1) is 0 Å². The van der Waals surface area contributed by atoms with E-state index in [-0.39, 0.29) is 0 Å². The van der Waals surface area contributed by atoms with Gasteiger partial charge in [0, 0.05) is 11.1 Å². The highest BCUT2D eigenvalue weighted by molar-refractivity contribution is 5.81.